The van der Waals surface area contributed by atoms with Crippen LogP contribution in [0.3, 0.4) is 0 Å². The van der Waals surface area contributed by atoms with Crippen molar-refractivity contribution in [2.45, 2.75) is 18.2 Å². The van der Waals surface area contributed by atoms with Gasteiger partial charge >= 0.3 is 0 Å². The molecule has 0 atom stereocenters. The molecule has 4 rings (SSSR count). The maximum Gasteiger partial charge on any atom is 0.156 e. The molecular weight excluding hydrogens is 497 g/mol. The predicted molar refractivity (Wildman–Crippen MR) is 127 cm³/mol. The van der Waals surface area contributed by atoms with E-state index in [9.17, 15) is 5.26 Å². The van der Waals surface area contributed by atoms with Crippen molar-refractivity contribution in [3.8, 4) is 11.8 Å². The van der Waals surface area contributed by atoms with Gasteiger partial charge in [0.2, 0.25) is 0 Å². The molecule has 0 saturated carbocycles. The van der Waals surface area contributed by atoms with Crippen LogP contribution in [0.2, 0.25) is 0 Å². The number of allylic oxidation sites excluding steroid dienone is 1. The van der Waals surface area contributed by atoms with Crippen LogP contribution in [0.15, 0.2) is 63.8 Å². The molecule has 2 aromatic carbocycles. The fourth-order valence-electron chi connectivity index (χ4n) is 3.14. The lowest BCUT2D eigenvalue weighted by Gasteiger charge is -2.09. The highest BCUT2D eigenvalue weighted by atomic mass is 127. The highest BCUT2D eigenvalue weighted by Crippen LogP contribution is 2.35. The zero-order chi connectivity index (χ0) is 19.7. The molecule has 0 N–H and O–H groups in total. The Morgan fingerprint density at radius 3 is 2.64 bits per heavy atom. The summed E-state index contributed by atoms with van der Waals surface area (Å²) < 4.78 is 5.46. The summed E-state index contributed by atoms with van der Waals surface area (Å²) in [7, 11) is 0. The van der Waals surface area contributed by atoms with Crippen LogP contribution in [-0.2, 0) is 0 Å². The molecule has 2 aromatic heterocycles. The molecule has 0 saturated heterocycles. The number of nitrogens with zero attached hydrogens (tertiary/aromatic N) is 3. The van der Waals surface area contributed by atoms with E-state index in [2.05, 4.69) is 88.5 Å². The van der Waals surface area contributed by atoms with Crippen molar-refractivity contribution < 1.29 is 0 Å². The van der Waals surface area contributed by atoms with Gasteiger partial charge in [0.1, 0.15) is 6.07 Å². The maximum absolute atomic E-state index is 9.67. The summed E-state index contributed by atoms with van der Waals surface area (Å²) in [6.45, 7) is 4.18. The van der Waals surface area contributed by atoms with Crippen molar-refractivity contribution >= 4 is 62.0 Å². The fourth-order valence-corrected chi connectivity index (χ4v) is 5.46. The molecular formula is C22H16IN3S2. The normalized spacial score (nSPS) is 11.7. The number of benzene rings is 2. The number of rotatable bonds is 4. The van der Waals surface area contributed by atoms with Crippen molar-refractivity contribution in [2.24, 2.45) is 0 Å². The zero-order valence-corrected chi connectivity index (χ0v) is 19.1. The lowest BCUT2D eigenvalue weighted by Crippen LogP contribution is -1.98. The first-order valence-corrected chi connectivity index (χ1v) is 11.4. The number of aryl methyl sites for hydroxylation is 1. The van der Waals surface area contributed by atoms with Gasteiger partial charge in [-0.2, -0.15) is 5.26 Å². The van der Waals surface area contributed by atoms with Crippen LogP contribution in [-0.4, -0.2) is 9.55 Å². The monoisotopic (exact) mass is 513 g/mol. The van der Waals surface area contributed by atoms with Crippen molar-refractivity contribution in [3.05, 3.63) is 80.0 Å². The number of halogens is 1. The Kier molecular flexibility index (Phi) is 5.58. The smallest absolute Gasteiger partial charge is 0.156 e. The Balaban J connectivity index is 1.67. The molecule has 0 spiro atoms. The van der Waals surface area contributed by atoms with Gasteiger partial charge in [-0.15, -0.1) is 11.3 Å². The maximum atomic E-state index is 9.67. The quantitative estimate of drug-likeness (QED) is 0.168. The summed E-state index contributed by atoms with van der Waals surface area (Å²) in [4.78, 5) is 5.27. The van der Waals surface area contributed by atoms with E-state index in [0.717, 1.165) is 37.2 Å². The second kappa shape index (κ2) is 8.11. The Bertz CT molecular complexity index is 1190. The molecule has 2 heterocycles. The molecule has 0 aliphatic rings. The van der Waals surface area contributed by atoms with Gasteiger partial charge < -0.3 is 4.57 Å². The van der Waals surface area contributed by atoms with E-state index in [1.165, 1.54) is 15.3 Å². The Hall–Kier alpha value is -2.08. The number of hydrogen-bond acceptors (Lipinski definition) is 4. The SMILES string of the molecule is Cc1cc(/C=C(\C#N)Sc2nc3ccccc3s2)c(C)n1-c1ccc(I)cc1. The van der Waals surface area contributed by atoms with E-state index in [0.29, 0.717) is 4.91 Å². The molecule has 28 heavy (non-hydrogen) atoms. The minimum absolute atomic E-state index is 0.641. The van der Waals surface area contributed by atoms with Gasteiger partial charge in [-0.1, -0.05) is 12.1 Å². The number of nitriles is 1. The molecule has 0 aliphatic carbocycles. The summed E-state index contributed by atoms with van der Waals surface area (Å²) >= 11 is 5.36. The Morgan fingerprint density at radius 2 is 1.93 bits per heavy atom. The molecule has 6 heteroatoms. The van der Waals surface area contributed by atoms with Crippen LogP contribution in [0.5, 0.6) is 0 Å². The fraction of sp³-hybridized carbons (Fsp3) is 0.0909. The largest absolute Gasteiger partial charge is 0.318 e. The Labute approximate surface area is 185 Å². The van der Waals surface area contributed by atoms with Crippen LogP contribution in [0.4, 0.5) is 0 Å². The molecule has 4 aromatic rings. The van der Waals surface area contributed by atoms with Crippen molar-refractivity contribution in [1.29, 1.82) is 5.26 Å². The van der Waals surface area contributed by atoms with Crippen LogP contribution >= 0.6 is 45.7 Å². The van der Waals surface area contributed by atoms with E-state index >= 15 is 0 Å². The van der Waals surface area contributed by atoms with E-state index in [4.69, 9.17) is 0 Å². The predicted octanol–water partition coefficient (Wildman–Crippen LogP) is 6.97. The Morgan fingerprint density at radius 1 is 1.18 bits per heavy atom. The number of aromatic nitrogens is 2. The second-order valence-electron chi connectivity index (χ2n) is 6.31. The molecule has 0 amide bonds. The molecule has 0 radical (unpaired) electrons. The number of para-hydroxylation sites is 1. The van der Waals surface area contributed by atoms with Gasteiger partial charge in [-0.25, -0.2) is 4.98 Å². The van der Waals surface area contributed by atoms with Gasteiger partial charge in [-0.05, 0) is 102 Å². The van der Waals surface area contributed by atoms with E-state index in [1.54, 1.807) is 11.3 Å². The molecule has 0 aliphatic heterocycles. The molecule has 0 unspecified atom stereocenters. The standard InChI is InChI=1S/C22H16IN3S2/c1-14-11-16(15(2)26(14)18-9-7-17(23)8-10-18)12-19(13-24)27-22-25-20-5-3-4-6-21(20)28-22/h3-12H,1-2H3/b19-12+. The third-order valence-electron chi connectivity index (χ3n) is 4.42. The van der Waals surface area contributed by atoms with E-state index in [1.807, 2.05) is 24.3 Å². The average molecular weight is 513 g/mol. The summed E-state index contributed by atoms with van der Waals surface area (Å²) in [6, 6.07) is 21.0. The summed E-state index contributed by atoms with van der Waals surface area (Å²) in [6.07, 6.45) is 1.96. The number of fused-ring (bicyclic) bond motifs is 1. The number of thiazole rings is 1. The van der Waals surface area contributed by atoms with Crippen LogP contribution in [0.1, 0.15) is 17.0 Å². The first-order chi connectivity index (χ1) is 13.5. The van der Waals surface area contributed by atoms with Crippen molar-refractivity contribution in [3.63, 3.8) is 0 Å². The third kappa shape index (κ3) is 3.88. The number of thioether (sulfide) groups is 1. The highest BCUT2D eigenvalue weighted by molar-refractivity contribution is 14.1. The molecule has 3 nitrogen and oxygen atoms in total. The van der Waals surface area contributed by atoms with Gasteiger partial charge in [0, 0.05) is 20.6 Å². The first kappa shape index (κ1) is 19.2. The lowest BCUT2D eigenvalue weighted by atomic mass is 10.2. The van der Waals surface area contributed by atoms with E-state index < -0.39 is 0 Å². The first-order valence-electron chi connectivity index (χ1n) is 8.65. The molecule has 0 bridgehead atoms. The van der Waals surface area contributed by atoms with Crippen molar-refractivity contribution in [1.82, 2.24) is 9.55 Å². The molecule has 138 valence electrons. The number of hydrogen-bond donors (Lipinski definition) is 0. The third-order valence-corrected chi connectivity index (χ3v) is 7.17. The second-order valence-corrected chi connectivity index (χ2v) is 9.87. The summed E-state index contributed by atoms with van der Waals surface area (Å²) in [5.41, 5.74) is 5.43. The van der Waals surface area contributed by atoms with Crippen LogP contribution < -0.4 is 0 Å². The van der Waals surface area contributed by atoms with Gasteiger partial charge in [0.25, 0.3) is 0 Å². The lowest BCUT2D eigenvalue weighted by molar-refractivity contribution is 0.964. The minimum atomic E-state index is 0.641. The van der Waals surface area contributed by atoms with Crippen molar-refractivity contribution in [2.75, 3.05) is 0 Å². The van der Waals surface area contributed by atoms with E-state index in [-0.39, 0.29) is 0 Å². The molecule has 0 fully saturated rings. The van der Waals surface area contributed by atoms with Crippen LogP contribution in [0, 0.1) is 28.7 Å². The van der Waals surface area contributed by atoms with Gasteiger partial charge in [0.05, 0.1) is 15.1 Å². The summed E-state index contributed by atoms with van der Waals surface area (Å²) in [5.74, 6) is 0. The topological polar surface area (TPSA) is 41.6 Å². The van der Waals surface area contributed by atoms with Gasteiger partial charge in [0.15, 0.2) is 4.34 Å². The highest BCUT2D eigenvalue weighted by Gasteiger charge is 2.12. The van der Waals surface area contributed by atoms with Crippen LogP contribution in [0.25, 0.3) is 22.0 Å². The zero-order valence-electron chi connectivity index (χ0n) is 15.3. The summed E-state index contributed by atoms with van der Waals surface area (Å²) in [5, 5.41) is 9.67. The average Bonchev–Trinajstić information content (AvgIpc) is 3.22. The van der Waals surface area contributed by atoms with Gasteiger partial charge in [-0.3, -0.25) is 0 Å². The minimum Gasteiger partial charge on any atom is -0.318 e.